The molecule has 0 aromatic heterocycles. The molecule has 0 spiro atoms. The first-order valence-corrected chi connectivity index (χ1v) is 20.2. The van der Waals surface area contributed by atoms with Crippen molar-refractivity contribution in [3.63, 3.8) is 0 Å². The number of fused-ring (bicyclic) bond motifs is 3. The largest absolute Gasteiger partial charge is 0.449 e. The van der Waals surface area contributed by atoms with Crippen molar-refractivity contribution in [2.24, 2.45) is 16.7 Å². The Morgan fingerprint density at radius 2 is 1.79 bits per heavy atom. The van der Waals surface area contributed by atoms with Crippen LogP contribution >= 0.6 is 0 Å². The van der Waals surface area contributed by atoms with Gasteiger partial charge in [0, 0.05) is 25.4 Å². The van der Waals surface area contributed by atoms with E-state index >= 15 is 0 Å². The monoisotopic (exact) mass is 755 g/mol. The summed E-state index contributed by atoms with van der Waals surface area (Å²) in [6.07, 6.45) is 3.66. The van der Waals surface area contributed by atoms with Crippen molar-refractivity contribution in [3.05, 3.63) is 47.5 Å². The molecule has 290 valence electrons. The lowest BCUT2D eigenvalue weighted by molar-refractivity contribution is -0.143. The molecule has 5 atom stereocenters. The third kappa shape index (κ3) is 8.34. The van der Waals surface area contributed by atoms with Crippen LogP contribution in [0.4, 0.5) is 9.59 Å². The normalized spacial score (nSPS) is 29.3. The number of cyclic esters (lactones) is 1. The van der Waals surface area contributed by atoms with E-state index in [2.05, 4.69) is 28.0 Å². The molecule has 1 saturated heterocycles. The Kier molecular flexibility index (Phi) is 10.4. The molecule has 5 amide bonds. The van der Waals surface area contributed by atoms with E-state index < -0.39 is 80.2 Å². The van der Waals surface area contributed by atoms with Crippen molar-refractivity contribution < 1.29 is 41.9 Å². The minimum absolute atomic E-state index is 0.0817. The van der Waals surface area contributed by atoms with Crippen LogP contribution in [0, 0.1) is 16.7 Å². The molecule has 53 heavy (non-hydrogen) atoms. The first kappa shape index (κ1) is 38.6. The predicted octanol–water partition coefficient (Wildman–Crippen LogP) is 3.67. The number of rotatable bonds is 6. The highest BCUT2D eigenvalue weighted by Crippen LogP contribution is 2.45. The van der Waals surface area contributed by atoms with E-state index in [9.17, 15) is 32.4 Å². The van der Waals surface area contributed by atoms with Gasteiger partial charge in [-0.05, 0) is 66.0 Å². The summed E-state index contributed by atoms with van der Waals surface area (Å²) in [5, 5.41) is 4.84. The maximum atomic E-state index is 14.5. The van der Waals surface area contributed by atoms with E-state index in [4.69, 9.17) is 9.47 Å². The molecule has 3 N–H and O–H groups in total. The number of carbonyl (C=O) groups is 5. The van der Waals surface area contributed by atoms with Crippen LogP contribution in [0.5, 0.6) is 0 Å². The molecule has 6 rings (SSSR count). The van der Waals surface area contributed by atoms with Gasteiger partial charge in [-0.15, -0.1) is 6.58 Å². The fraction of sp³-hybridized carbons (Fsp3) is 0.658. The van der Waals surface area contributed by atoms with Gasteiger partial charge in [0.2, 0.25) is 21.8 Å². The van der Waals surface area contributed by atoms with Gasteiger partial charge in [-0.2, -0.15) is 0 Å². The minimum atomic E-state index is -3.91. The number of amides is 5. The zero-order chi connectivity index (χ0) is 38.5. The average molecular weight is 756 g/mol. The Balaban J connectivity index is 1.28. The predicted molar refractivity (Wildman–Crippen MR) is 194 cm³/mol. The number of benzene rings is 1. The Morgan fingerprint density at radius 3 is 2.45 bits per heavy atom. The Morgan fingerprint density at radius 1 is 1.08 bits per heavy atom. The topological polar surface area (TPSA) is 181 Å². The van der Waals surface area contributed by atoms with Crippen LogP contribution < -0.4 is 15.4 Å². The lowest BCUT2D eigenvalue weighted by Crippen LogP contribution is -2.60. The van der Waals surface area contributed by atoms with Crippen molar-refractivity contribution in [1.82, 2.24) is 25.2 Å². The van der Waals surface area contributed by atoms with E-state index in [0.717, 1.165) is 36.8 Å². The Labute approximate surface area is 311 Å². The van der Waals surface area contributed by atoms with Gasteiger partial charge in [-0.25, -0.2) is 18.0 Å². The first-order chi connectivity index (χ1) is 24.8. The summed E-state index contributed by atoms with van der Waals surface area (Å²) in [7, 11) is -3.91. The third-order valence-corrected chi connectivity index (χ3v) is 13.0. The van der Waals surface area contributed by atoms with Crippen molar-refractivity contribution in [2.75, 3.05) is 13.2 Å². The van der Waals surface area contributed by atoms with E-state index in [1.807, 2.05) is 26.0 Å². The number of nitrogens with zero attached hydrogens (tertiary/aromatic N) is 2. The molecule has 15 heteroatoms. The van der Waals surface area contributed by atoms with Gasteiger partial charge >= 0.3 is 12.2 Å². The number of aryl methyl sites for hydroxylation is 1. The number of carbonyl (C=O) groups excluding carboxylic acids is 5. The summed E-state index contributed by atoms with van der Waals surface area (Å²) in [4.78, 5) is 71.9. The van der Waals surface area contributed by atoms with Gasteiger partial charge in [0.15, 0.2) is 0 Å². The molecule has 2 saturated carbocycles. The number of alkyl carbamates (subject to hydrolysis) is 1. The average Bonchev–Trinajstić information content (AvgIpc) is 3.97. The summed E-state index contributed by atoms with van der Waals surface area (Å²) in [6, 6.07) is 3.73. The zero-order valence-corrected chi connectivity index (χ0v) is 32.2. The van der Waals surface area contributed by atoms with Crippen LogP contribution in [-0.2, 0) is 53.4 Å². The van der Waals surface area contributed by atoms with Crippen molar-refractivity contribution >= 4 is 39.9 Å². The Bertz CT molecular complexity index is 1790. The van der Waals surface area contributed by atoms with Crippen LogP contribution in [0.15, 0.2) is 30.9 Å². The quantitative estimate of drug-likeness (QED) is 0.365. The third-order valence-electron chi connectivity index (χ3n) is 11.2. The molecular weight excluding hydrogens is 703 g/mol. The number of hydrogen-bond donors (Lipinski definition) is 3. The number of ether oxygens (including phenoxy) is 2. The molecule has 4 bridgehead atoms. The molecule has 3 fully saturated rings. The summed E-state index contributed by atoms with van der Waals surface area (Å²) in [5.74, 6) is -2.71. The van der Waals surface area contributed by atoms with Crippen molar-refractivity contribution in [3.8, 4) is 0 Å². The van der Waals surface area contributed by atoms with Crippen LogP contribution in [0.3, 0.4) is 0 Å². The standard InChI is InChI=1S/C38H53N5O9S/c1-7-25-18-38(25,33(46)41-53(49,50)27-14-15-27)40-31(44)29-17-26-20-43(29)32(45)30(36(2,3)4)39-34(47)51-22-37(5,6)16-9-8-11-23-12-10-13-24-19-42(21-28(23)24)35(48)52-26/h7,10,12-13,25-27,29-30H,1,8-9,11,14-22H2,2-6H3,(H,39,47)(H,40,44)(H,41,46)/t25-,26+,29-,30+,38-/m1/s1. The maximum Gasteiger partial charge on any atom is 0.410 e. The van der Waals surface area contributed by atoms with Crippen molar-refractivity contribution in [1.29, 1.82) is 0 Å². The molecule has 0 unspecified atom stereocenters. The molecule has 5 aliphatic rings. The minimum Gasteiger partial charge on any atom is -0.449 e. The fourth-order valence-electron chi connectivity index (χ4n) is 7.69. The second-order valence-corrected chi connectivity index (χ2v) is 19.2. The number of hydrogen-bond acceptors (Lipinski definition) is 9. The second-order valence-electron chi connectivity index (χ2n) is 17.2. The van der Waals surface area contributed by atoms with E-state index in [-0.39, 0.29) is 31.4 Å². The van der Waals surface area contributed by atoms with Crippen LogP contribution in [0.25, 0.3) is 0 Å². The smallest absolute Gasteiger partial charge is 0.410 e. The second kappa shape index (κ2) is 14.3. The van der Waals surface area contributed by atoms with Gasteiger partial charge < -0.3 is 25.0 Å². The molecular formula is C38H53N5O9S. The van der Waals surface area contributed by atoms with Gasteiger partial charge in [-0.1, -0.05) is 65.3 Å². The first-order valence-electron chi connectivity index (χ1n) is 18.6. The molecule has 1 aromatic rings. The molecule has 14 nitrogen and oxygen atoms in total. The highest BCUT2D eigenvalue weighted by atomic mass is 32.2. The molecule has 2 aliphatic carbocycles. The molecule has 3 heterocycles. The van der Waals surface area contributed by atoms with Gasteiger partial charge in [0.1, 0.15) is 23.7 Å². The summed E-state index contributed by atoms with van der Waals surface area (Å²) in [5.41, 5.74) is 0.580. The fourth-order valence-corrected chi connectivity index (χ4v) is 9.06. The highest BCUT2D eigenvalue weighted by Gasteiger charge is 2.62. The molecule has 3 aliphatic heterocycles. The maximum absolute atomic E-state index is 14.5. The summed E-state index contributed by atoms with van der Waals surface area (Å²) in [6.45, 7) is 13.9. The molecule has 0 radical (unpaired) electrons. The number of sulfonamides is 1. The SMILES string of the molecule is C=C[C@@H]1C[C@]1(NC(=O)[C@H]1C[C@H]2CN1C(=O)[C@@H](C(C)(C)C)NC(=O)OCC(C)(C)CCCCc1cccc3c1CN(C3)C(=O)O2)C(=O)NS(=O)(=O)C1CC1. The van der Waals surface area contributed by atoms with Crippen LogP contribution in [0.2, 0.25) is 0 Å². The zero-order valence-electron chi connectivity index (χ0n) is 31.4. The van der Waals surface area contributed by atoms with Crippen molar-refractivity contribution in [2.45, 2.75) is 128 Å². The summed E-state index contributed by atoms with van der Waals surface area (Å²) < 4.78 is 39.1. The van der Waals surface area contributed by atoms with E-state index in [1.165, 1.54) is 16.5 Å². The van der Waals surface area contributed by atoms with E-state index in [1.54, 1.807) is 25.7 Å². The Hall–Kier alpha value is -4.14. The number of nitrogens with one attached hydrogen (secondary N) is 3. The van der Waals surface area contributed by atoms with Crippen LogP contribution in [0.1, 0.15) is 96.3 Å². The van der Waals surface area contributed by atoms with Crippen LogP contribution in [-0.4, -0.2) is 90.3 Å². The van der Waals surface area contributed by atoms with Gasteiger partial charge in [-0.3, -0.25) is 24.0 Å². The lowest BCUT2D eigenvalue weighted by atomic mass is 9.85. The molecule has 1 aromatic carbocycles. The van der Waals surface area contributed by atoms with Gasteiger partial charge in [0.05, 0.1) is 18.4 Å². The summed E-state index contributed by atoms with van der Waals surface area (Å²) >= 11 is 0. The van der Waals surface area contributed by atoms with Gasteiger partial charge in [0.25, 0.3) is 5.91 Å². The lowest BCUT2D eigenvalue weighted by Gasteiger charge is -2.35. The van der Waals surface area contributed by atoms with E-state index in [0.29, 0.717) is 25.9 Å². The highest BCUT2D eigenvalue weighted by molar-refractivity contribution is 7.91.